The monoisotopic (exact) mass is 363 g/mol. The van der Waals surface area contributed by atoms with Gasteiger partial charge < -0.3 is 13.9 Å². The first-order valence-electron chi connectivity index (χ1n) is 9.20. The van der Waals surface area contributed by atoms with Crippen LogP contribution in [0.3, 0.4) is 0 Å². The largest absolute Gasteiger partial charge is 0.477 e. The summed E-state index contributed by atoms with van der Waals surface area (Å²) in [5, 5.41) is 9.55. The van der Waals surface area contributed by atoms with E-state index in [0.29, 0.717) is 17.9 Å². The number of nitrogens with zero attached hydrogens (tertiary/aromatic N) is 3. The molecule has 1 aromatic carbocycles. The highest BCUT2D eigenvalue weighted by Crippen LogP contribution is 2.29. The molecule has 0 bridgehead atoms. The SMILES string of the molecule is N#CCOc1ccc2c(C(=O)OCCN3CCCC3)c3ccccc3n2c1. The summed E-state index contributed by atoms with van der Waals surface area (Å²) in [6.07, 6.45) is 4.24. The molecule has 0 aliphatic carbocycles. The van der Waals surface area contributed by atoms with E-state index in [4.69, 9.17) is 14.7 Å². The summed E-state index contributed by atoms with van der Waals surface area (Å²) in [7, 11) is 0. The predicted molar refractivity (Wildman–Crippen MR) is 102 cm³/mol. The van der Waals surface area contributed by atoms with Crippen LogP contribution in [-0.4, -0.2) is 48.1 Å². The maximum absolute atomic E-state index is 12.8. The van der Waals surface area contributed by atoms with Crippen LogP contribution in [0.1, 0.15) is 23.2 Å². The van der Waals surface area contributed by atoms with Crippen molar-refractivity contribution >= 4 is 22.4 Å². The van der Waals surface area contributed by atoms with Crippen molar-refractivity contribution in [1.29, 1.82) is 5.26 Å². The topological polar surface area (TPSA) is 67.0 Å². The lowest BCUT2D eigenvalue weighted by Gasteiger charge is -2.14. The average Bonchev–Trinajstić information content (AvgIpc) is 3.32. The highest BCUT2D eigenvalue weighted by molar-refractivity contribution is 6.11. The molecule has 1 aliphatic rings. The van der Waals surface area contributed by atoms with Gasteiger partial charge in [0, 0.05) is 11.9 Å². The maximum Gasteiger partial charge on any atom is 0.341 e. The van der Waals surface area contributed by atoms with E-state index in [9.17, 15) is 4.79 Å². The molecule has 27 heavy (non-hydrogen) atoms. The van der Waals surface area contributed by atoms with Crippen LogP contribution >= 0.6 is 0 Å². The third kappa shape index (κ3) is 3.46. The Morgan fingerprint density at radius 3 is 2.74 bits per heavy atom. The Morgan fingerprint density at radius 2 is 1.93 bits per heavy atom. The number of rotatable bonds is 6. The molecule has 1 aliphatic heterocycles. The molecule has 1 saturated heterocycles. The number of carbonyl (C=O) groups is 1. The number of fused-ring (bicyclic) bond motifs is 3. The van der Waals surface area contributed by atoms with Crippen LogP contribution in [0.5, 0.6) is 5.75 Å². The second kappa shape index (κ2) is 7.68. The lowest BCUT2D eigenvalue weighted by atomic mass is 10.1. The Hall–Kier alpha value is -3.04. The number of carbonyl (C=O) groups excluding carboxylic acids is 1. The zero-order valence-electron chi connectivity index (χ0n) is 15.1. The molecule has 0 atom stereocenters. The first-order valence-corrected chi connectivity index (χ1v) is 9.20. The molecule has 6 nitrogen and oxygen atoms in total. The van der Waals surface area contributed by atoms with Gasteiger partial charge in [-0.3, -0.25) is 4.90 Å². The Bertz CT molecular complexity index is 1010. The smallest absolute Gasteiger partial charge is 0.341 e. The van der Waals surface area contributed by atoms with Gasteiger partial charge in [-0.05, 0) is 44.1 Å². The Balaban J connectivity index is 1.63. The van der Waals surface area contributed by atoms with Crippen LogP contribution in [0.15, 0.2) is 42.6 Å². The molecule has 0 amide bonds. The van der Waals surface area contributed by atoms with Crippen molar-refractivity contribution in [3.63, 3.8) is 0 Å². The second-order valence-corrected chi connectivity index (χ2v) is 6.64. The lowest BCUT2D eigenvalue weighted by molar-refractivity contribution is 0.0477. The van der Waals surface area contributed by atoms with E-state index in [-0.39, 0.29) is 12.6 Å². The fraction of sp³-hybridized carbons (Fsp3) is 0.333. The summed E-state index contributed by atoms with van der Waals surface area (Å²) in [4.78, 5) is 15.2. The average molecular weight is 363 g/mol. The number of likely N-dealkylation sites (tertiary alicyclic amines) is 1. The van der Waals surface area contributed by atoms with Crippen LogP contribution in [-0.2, 0) is 4.74 Å². The molecule has 138 valence electrons. The molecular formula is C21H21N3O3. The normalized spacial score (nSPS) is 14.5. The number of esters is 1. The minimum atomic E-state index is -0.307. The molecule has 3 aromatic rings. The van der Waals surface area contributed by atoms with Crippen molar-refractivity contribution in [2.24, 2.45) is 0 Å². The quantitative estimate of drug-likeness (QED) is 0.629. The Labute approximate surface area is 157 Å². The van der Waals surface area contributed by atoms with Gasteiger partial charge in [0.05, 0.1) is 22.8 Å². The van der Waals surface area contributed by atoms with E-state index in [1.54, 1.807) is 12.3 Å². The number of para-hydroxylation sites is 1. The third-order valence-electron chi connectivity index (χ3n) is 4.96. The fourth-order valence-corrected chi connectivity index (χ4v) is 3.68. The van der Waals surface area contributed by atoms with Crippen molar-refractivity contribution in [3.05, 3.63) is 48.2 Å². The molecule has 0 unspecified atom stereocenters. The first-order chi connectivity index (χ1) is 13.3. The summed E-state index contributed by atoms with van der Waals surface area (Å²) in [5.41, 5.74) is 2.24. The van der Waals surface area contributed by atoms with Gasteiger partial charge in [0.15, 0.2) is 6.61 Å². The van der Waals surface area contributed by atoms with Gasteiger partial charge in [-0.1, -0.05) is 18.2 Å². The molecule has 0 N–H and O–H groups in total. The van der Waals surface area contributed by atoms with E-state index >= 15 is 0 Å². The molecule has 0 saturated carbocycles. The number of benzene rings is 1. The van der Waals surface area contributed by atoms with Gasteiger partial charge in [0.2, 0.25) is 0 Å². The van der Waals surface area contributed by atoms with E-state index in [1.165, 1.54) is 12.8 Å². The van der Waals surface area contributed by atoms with Gasteiger partial charge in [0.1, 0.15) is 18.4 Å². The first kappa shape index (κ1) is 17.4. The van der Waals surface area contributed by atoms with E-state index in [1.807, 2.05) is 40.8 Å². The summed E-state index contributed by atoms with van der Waals surface area (Å²) >= 11 is 0. The number of ether oxygens (including phenoxy) is 2. The van der Waals surface area contributed by atoms with Crippen molar-refractivity contribution < 1.29 is 14.3 Å². The number of nitriles is 1. The van der Waals surface area contributed by atoms with E-state index < -0.39 is 0 Å². The van der Waals surface area contributed by atoms with Gasteiger partial charge in [-0.2, -0.15) is 5.26 Å². The van der Waals surface area contributed by atoms with Crippen LogP contribution in [0, 0.1) is 11.3 Å². The third-order valence-corrected chi connectivity index (χ3v) is 4.96. The summed E-state index contributed by atoms with van der Waals surface area (Å²) < 4.78 is 12.9. The number of aromatic nitrogens is 1. The molecule has 4 rings (SSSR count). The molecule has 3 heterocycles. The van der Waals surface area contributed by atoms with Crippen LogP contribution in [0.2, 0.25) is 0 Å². The van der Waals surface area contributed by atoms with Crippen molar-refractivity contribution in [2.45, 2.75) is 12.8 Å². The minimum Gasteiger partial charge on any atom is -0.477 e. The fourth-order valence-electron chi connectivity index (χ4n) is 3.68. The van der Waals surface area contributed by atoms with E-state index in [0.717, 1.165) is 36.1 Å². The number of hydrogen-bond donors (Lipinski definition) is 0. The number of pyridine rings is 1. The molecular weight excluding hydrogens is 342 g/mol. The standard InChI is InChI=1S/C21H21N3O3/c22-9-13-26-16-7-8-19-20(17-5-1-2-6-18(17)24(19)15-16)21(25)27-14-12-23-10-3-4-11-23/h1-2,5-8,15H,3-4,10-14H2. The zero-order valence-corrected chi connectivity index (χ0v) is 15.1. The zero-order chi connectivity index (χ0) is 18.6. The minimum absolute atomic E-state index is 0.0178. The van der Waals surface area contributed by atoms with Gasteiger partial charge in [-0.15, -0.1) is 0 Å². The van der Waals surface area contributed by atoms with Crippen molar-refractivity contribution in [1.82, 2.24) is 9.30 Å². The second-order valence-electron chi connectivity index (χ2n) is 6.64. The molecule has 1 fully saturated rings. The van der Waals surface area contributed by atoms with Crippen molar-refractivity contribution in [3.8, 4) is 11.8 Å². The Kier molecular flexibility index (Phi) is 4.95. The number of hydrogen-bond acceptors (Lipinski definition) is 5. The molecule has 0 radical (unpaired) electrons. The van der Waals surface area contributed by atoms with Crippen molar-refractivity contribution in [2.75, 3.05) is 32.8 Å². The molecule has 2 aromatic heterocycles. The summed E-state index contributed by atoms with van der Waals surface area (Å²) in [6, 6.07) is 13.3. The van der Waals surface area contributed by atoms with Gasteiger partial charge >= 0.3 is 5.97 Å². The highest BCUT2D eigenvalue weighted by atomic mass is 16.5. The summed E-state index contributed by atoms with van der Waals surface area (Å²) in [6.45, 7) is 3.33. The predicted octanol–water partition coefficient (Wildman–Crippen LogP) is 3.25. The highest BCUT2D eigenvalue weighted by Gasteiger charge is 2.20. The van der Waals surface area contributed by atoms with Crippen LogP contribution in [0.25, 0.3) is 16.4 Å². The van der Waals surface area contributed by atoms with Crippen LogP contribution in [0.4, 0.5) is 0 Å². The van der Waals surface area contributed by atoms with Gasteiger partial charge in [-0.25, -0.2) is 4.79 Å². The molecule has 6 heteroatoms. The van der Waals surface area contributed by atoms with Gasteiger partial charge in [0.25, 0.3) is 0 Å². The lowest BCUT2D eigenvalue weighted by Crippen LogP contribution is -2.25. The Morgan fingerprint density at radius 1 is 1.11 bits per heavy atom. The molecule has 0 spiro atoms. The van der Waals surface area contributed by atoms with E-state index in [2.05, 4.69) is 4.90 Å². The van der Waals surface area contributed by atoms with Crippen LogP contribution < -0.4 is 4.74 Å². The summed E-state index contributed by atoms with van der Waals surface area (Å²) in [5.74, 6) is 0.275. The maximum atomic E-state index is 12.8.